The van der Waals surface area contributed by atoms with Crippen LogP contribution < -0.4 is 15.0 Å². The van der Waals surface area contributed by atoms with Gasteiger partial charge in [0.05, 0.1) is 5.69 Å². The summed E-state index contributed by atoms with van der Waals surface area (Å²) in [4.78, 5) is 56.4. The molecule has 0 spiro atoms. The van der Waals surface area contributed by atoms with Gasteiger partial charge in [0.1, 0.15) is 11.4 Å². The Balaban J connectivity index is 1.18. The number of anilines is 1. The maximum Gasteiger partial charge on any atom is 0.410 e. The molecule has 1 aromatic rings. The Morgan fingerprint density at radius 1 is 0.974 bits per heavy atom. The van der Waals surface area contributed by atoms with Gasteiger partial charge < -0.3 is 19.3 Å². The highest BCUT2D eigenvalue weighted by Gasteiger charge is 2.30. The number of hydrogen-bond acceptors (Lipinski definition) is 7. The van der Waals surface area contributed by atoms with Crippen molar-refractivity contribution in [2.24, 2.45) is 5.92 Å². The highest BCUT2D eigenvalue weighted by atomic mass is 16.6. The zero-order valence-electron chi connectivity index (χ0n) is 23.5. The van der Waals surface area contributed by atoms with E-state index in [0.717, 1.165) is 51.1 Å². The van der Waals surface area contributed by atoms with Crippen LogP contribution in [0.2, 0.25) is 0 Å². The fourth-order valence-electron chi connectivity index (χ4n) is 5.17. The molecule has 11 nitrogen and oxygen atoms in total. The summed E-state index contributed by atoms with van der Waals surface area (Å²) in [6, 6.07) is 4.92. The lowest BCUT2D eigenvalue weighted by Crippen LogP contribution is -2.51. The van der Waals surface area contributed by atoms with E-state index in [-0.39, 0.29) is 30.9 Å². The van der Waals surface area contributed by atoms with E-state index >= 15 is 0 Å². The van der Waals surface area contributed by atoms with Gasteiger partial charge in [-0.1, -0.05) is 6.07 Å². The number of likely N-dealkylation sites (tertiary alicyclic amines) is 1. The number of rotatable bonds is 6. The van der Waals surface area contributed by atoms with E-state index in [1.165, 1.54) is 4.90 Å². The monoisotopic (exact) mass is 543 g/mol. The smallest absolute Gasteiger partial charge is 0.410 e. The van der Waals surface area contributed by atoms with Crippen molar-refractivity contribution in [3.05, 3.63) is 23.8 Å². The van der Waals surface area contributed by atoms with Crippen molar-refractivity contribution in [1.29, 1.82) is 0 Å². The molecular weight excluding hydrogens is 502 g/mol. The van der Waals surface area contributed by atoms with Crippen LogP contribution in [0.4, 0.5) is 15.3 Å². The van der Waals surface area contributed by atoms with Crippen molar-refractivity contribution >= 4 is 29.6 Å². The summed E-state index contributed by atoms with van der Waals surface area (Å²) in [6.07, 6.45) is 1.93. The number of imide groups is 1. The van der Waals surface area contributed by atoms with Gasteiger partial charge in [-0.2, -0.15) is 0 Å². The van der Waals surface area contributed by atoms with Gasteiger partial charge in [-0.15, -0.1) is 0 Å². The minimum absolute atomic E-state index is 0.0660. The van der Waals surface area contributed by atoms with E-state index in [1.807, 2.05) is 38.7 Å². The van der Waals surface area contributed by atoms with Crippen LogP contribution in [0.5, 0.6) is 5.75 Å². The number of piperidine rings is 1. The lowest BCUT2D eigenvalue weighted by Gasteiger charge is -2.39. The lowest BCUT2D eigenvalue weighted by atomic mass is 9.96. The molecule has 5 amide bonds. The van der Waals surface area contributed by atoms with Crippen LogP contribution in [0.15, 0.2) is 18.2 Å². The van der Waals surface area contributed by atoms with Crippen LogP contribution >= 0.6 is 0 Å². The fourth-order valence-corrected chi connectivity index (χ4v) is 5.17. The van der Waals surface area contributed by atoms with Crippen LogP contribution in [-0.4, -0.2) is 103 Å². The van der Waals surface area contributed by atoms with Gasteiger partial charge in [-0.3, -0.25) is 24.7 Å². The van der Waals surface area contributed by atoms with E-state index in [9.17, 15) is 19.2 Å². The second-order valence-electron chi connectivity index (χ2n) is 11.6. The van der Waals surface area contributed by atoms with E-state index in [0.29, 0.717) is 37.0 Å². The van der Waals surface area contributed by atoms with Crippen molar-refractivity contribution in [2.75, 3.05) is 63.9 Å². The first-order valence-corrected chi connectivity index (χ1v) is 13.8. The second-order valence-corrected chi connectivity index (χ2v) is 11.6. The predicted molar refractivity (Wildman–Crippen MR) is 146 cm³/mol. The number of nitrogens with zero attached hydrogens (tertiary/aromatic N) is 4. The Hall–Kier alpha value is -3.34. The van der Waals surface area contributed by atoms with Crippen molar-refractivity contribution in [1.82, 2.24) is 20.0 Å². The van der Waals surface area contributed by atoms with Gasteiger partial charge in [0.25, 0.3) is 5.91 Å². The third-order valence-electron chi connectivity index (χ3n) is 7.40. The molecule has 0 aromatic heterocycles. The molecule has 3 fully saturated rings. The lowest BCUT2D eigenvalue weighted by molar-refractivity contribution is -0.135. The van der Waals surface area contributed by atoms with Gasteiger partial charge in [0.15, 0.2) is 6.61 Å². The average molecular weight is 544 g/mol. The fraction of sp³-hybridized carbons (Fsp3) is 0.643. The summed E-state index contributed by atoms with van der Waals surface area (Å²) >= 11 is 0. The highest BCUT2D eigenvalue weighted by molar-refractivity contribution is 6.06. The maximum atomic E-state index is 12.8. The molecule has 0 radical (unpaired) electrons. The SMILES string of the molecule is Cc1ccc(OCC(=O)N2CCN(CC3CCN(C(=O)OC(C)(C)C)CC3)CC2)cc1N1CCC(=O)NC1=O. The number of carbonyl (C=O) groups excluding carboxylic acids is 4. The van der Waals surface area contributed by atoms with Crippen molar-refractivity contribution in [3.8, 4) is 5.75 Å². The summed E-state index contributed by atoms with van der Waals surface area (Å²) in [5.41, 5.74) is 1.06. The Bertz CT molecular complexity index is 1070. The molecule has 0 bridgehead atoms. The Morgan fingerprint density at radius 2 is 1.67 bits per heavy atom. The molecule has 3 saturated heterocycles. The first kappa shape index (κ1) is 28.7. The summed E-state index contributed by atoms with van der Waals surface area (Å²) in [7, 11) is 0. The number of aryl methyl sites for hydroxylation is 1. The highest BCUT2D eigenvalue weighted by Crippen LogP contribution is 2.27. The van der Waals surface area contributed by atoms with Crippen molar-refractivity contribution in [3.63, 3.8) is 0 Å². The normalized spacial score (nSPS) is 19.6. The average Bonchev–Trinajstić information content (AvgIpc) is 2.88. The van der Waals surface area contributed by atoms with Gasteiger partial charge >= 0.3 is 12.1 Å². The molecule has 0 saturated carbocycles. The largest absolute Gasteiger partial charge is 0.484 e. The van der Waals surface area contributed by atoms with Gasteiger partial charge in [-0.25, -0.2) is 9.59 Å². The molecule has 214 valence electrons. The first-order chi connectivity index (χ1) is 18.5. The molecule has 11 heteroatoms. The Kier molecular flexibility index (Phi) is 8.99. The quantitative estimate of drug-likeness (QED) is 0.587. The van der Waals surface area contributed by atoms with Crippen molar-refractivity contribution in [2.45, 2.75) is 52.6 Å². The molecule has 1 aromatic carbocycles. The molecular formula is C28H41N5O6. The zero-order chi connectivity index (χ0) is 28.2. The standard InChI is InChI=1S/C28H41N5O6/c1-20-5-6-22(17-23(20)33-12-9-24(34)29-26(33)36)38-19-25(35)31-15-13-30(14-16-31)18-21-7-10-32(11-8-21)27(37)39-28(2,3)4/h5-6,17,21H,7-16,18-19H2,1-4H3,(H,29,34,36). The summed E-state index contributed by atoms with van der Waals surface area (Å²) < 4.78 is 11.3. The van der Waals surface area contributed by atoms with Crippen LogP contribution in [0.1, 0.15) is 45.6 Å². The number of hydrogen-bond donors (Lipinski definition) is 1. The second kappa shape index (κ2) is 12.2. The summed E-state index contributed by atoms with van der Waals surface area (Å²) in [5, 5.41) is 2.33. The van der Waals surface area contributed by atoms with Crippen LogP contribution in [0, 0.1) is 12.8 Å². The zero-order valence-corrected chi connectivity index (χ0v) is 23.5. The molecule has 0 unspecified atom stereocenters. The number of ether oxygens (including phenoxy) is 2. The molecule has 3 aliphatic heterocycles. The maximum absolute atomic E-state index is 12.8. The predicted octanol–water partition coefficient (Wildman–Crippen LogP) is 2.61. The van der Waals surface area contributed by atoms with E-state index in [2.05, 4.69) is 10.2 Å². The number of piperazine rings is 1. The van der Waals surface area contributed by atoms with E-state index < -0.39 is 11.6 Å². The summed E-state index contributed by atoms with van der Waals surface area (Å²) in [6.45, 7) is 13.1. The van der Waals surface area contributed by atoms with Gasteiger partial charge in [0, 0.05) is 64.8 Å². The van der Waals surface area contributed by atoms with Crippen LogP contribution in [-0.2, 0) is 14.3 Å². The van der Waals surface area contributed by atoms with Gasteiger partial charge in [-0.05, 0) is 58.1 Å². The summed E-state index contributed by atoms with van der Waals surface area (Å²) in [5.74, 6) is 0.689. The molecule has 0 aliphatic carbocycles. The third-order valence-corrected chi connectivity index (χ3v) is 7.40. The van der Waals surface area contributed by atoms with E-state index in [1.54, 1.807) is 17.0 Å². The number of nitrogens with one attached hydrogen (secondary N) is 1. The topological polar surface area (TPSA) is 112 Å². The number of urea groups is 1. The Morgan fingerprint density at radius 3 is 2.31 bits per heavy atom. The number of carbonyl (C=O) groups is 4. The van der Waals surface area contributed by atoms with Crippen LogP contribution in [0.3, 0.4) is 0 Å². The molecule has 3 aliphatic rings. The Labute approximate surface area is 230 Å². The van der Waals surface area contributed by atoms with Gasteiger partial charge in [0.2, 0.25) is 5.91 Å². The molecule has 1 N–H and O–H groups in total. The minimum Gasteiger partial charge on any atom is -0.484 e. The van der Waals surface area contributed by atoms with Crippen molar-refractivity contribution < 1.29 is 28.7 Å². The molecule has 4 rings (SSSR count). The minimum atomic E-state index is -0.479. The molecule has 3 heterocycles. The number of benzene rings is 1. The van der Waals surface area contributed by atoms with E-state index in [4.69, 9.17) is 9.47 Å². The molecule has 39 heavy (non-hydrogen) atoms. The van der Waals surface area contributed by atoms with Crippen LogP contribution in [0.25, 0.3) is 0 Å². The third kappa shape index (κ3) is 7.84. The number of amides is 5. The first-order valence-electron chi connectivity index (χ1n) is 13.8. The molecule has 0 atom stereocenters.